The highest BCUT2D eigenvalue weighted by molar-refractivity contribution is 7.96. The van der Waals surface area contributed by atoms with Crippen LogP contribution in [0.15, 0.2) is 4.99 Å². The molecule has 0 aromatic heterocycles. The first-order chi connectivity index (χ1) is 7.18. The van der Waals surface area contributed by atoms with Gasteiger partial charge in [0.1, 0.15) is 0 Å². The Morgan fingerprint density at radius 3 is 2.80 bits per heavy atom. The van der Waals surface area contributed by atoms with Crippen molar-refractivity contribution in [2.24, 2.45) is 4.99 Å². The van der Waals surface area contributed by atoms with E-state index in [1.165, 1.54) is 0 Å². The molecule has 0 radical (unpaired) electrons. The van der Waals surface area contributed by atoms with Crippen LogP contribution < -0.4 is 5.32 Å². The highest BCUT2D eigenvalue weighted by Crippen LogP contribution is 1.95. The molecular formula is C10H21N3OS. The average Bonchev–Trinajstić information content (AvgIpc) is 2.18. The van der Waals surface area contributed by atoms with Crippen molar-refractivity contribution in [3.05, 3.63) is 0 Å². The molecule has 0 saturated carbocycles. The molecule has 0 amide bonds. The molecule has 1 rings (SSSR count). The van der Waals surface area contributed by atoms with Crippen molar-refractivity contribution in [1.82, 2.24) is 10.2 Å². The smallest absolute Gasteiger partial charge is 0.0975 e. The van der Waals surface area contributed by atoms with E-state index in [1.54, 1.807) is 0 Å². The predicted molar refractivity (Wildman–Crippen MR) is 66.8 cm³/mol. The van der Waals surface area contributed by atoms with E-state index in [4.69, 9.17) is 4.74 Å². The van der Waals surface area contributed by atoms with E-state index in [9.17, 15) is 0 Å². The number of morpholine rings is 1. The van der Waals surface area contributed by atoms with Gasteiger partial charge in [0.05, 0.1) is 24.4 Å². The minimum absolute atomic E-state index is 0.156. The van der Waals surface area contributed by atoms with Gasteiger partial charge in [-0.3, -0.25) is 15.2 Å². The molecule has 1 aliphatic rings. The number of rotatable bonds is 5. The monoisotopic (exact) mass is 231 g/mol. The largest absolute Gasteiger partial charge is 0.379 e. The second-order valence-electron chi connectivity index (χ2n) is 3.76. The first-order valence-electron chi connectivity index (χ1n) is 5.45. The molecule has 0 aromatic rings. The molecule has 0 bridgehead atoms. The van der Waals surface area contributed by atoms with Gasteiger partial charge in [-0.2, -0.15) is 0 Å². The number of hydrogen-bond acceptors (Lipinski definition) is 4. The molecule has 1 atom stereocenters. The van der Waals surface area contributed by atoms with Crippen molar-refractivity contribution in [2.45, 2.75) is 20.0 Å². The molecule has 0 spiro atoms. The van der Waals surface area contributed by atoms with E-state index < -0.39 is 0 Å². The molecule has 88 valence electrons. The predicted octanol–water partition coefficient (Wildman–Crippen LogP) is 0.602. The molecule has 1 unspecified atom stereocenters. The average molecular weight is 231 g/mol. The fourth-order valence-corrected chi connectivity index (χ4v) is 1.76. The van der Waals surface area contributed by atoms with Crippen molar-refractivity contribution in [3.8, 4) is 0 Å². The molecule has 0 aliphatic carbocycles. The zero-order valence-corrected chi connectivity index (χ0v) is 10.5. The maximum Gasteiger partial charge on any atom is 0.0975 e. The first kappa shape index (κ1) is 13.0. The molecule has 1 saturated heterocycles. The third-order valence-electron chi connectivity index (χ3n) is 2.35. The van der Waals surface area contributed by atoms with Crippen LogP contribution in [0.5, 0.6) is 0 Å². The Hall–Kier alpha value is -0.100. The molecule has 4 nitrogen and oxygen atoms in total. The van der Waals surface area contributed by atoms with Crippen LogP contribution >= 0.6 is 12.6 Å². The number of aliphatic imine (C=N–C) groups is 1. The van der Waals surface area contributed by atoms with E-state index in [0.29, 0.717) is 0 Å². The van der Waals surface area contributed by atoms with Crippen molar-refractivity contribution in [2.75, 3.05) is 39.4 Å². The van der Waals surface area contributed by atoms with Gasteiger partial charge in [-0.15, -0.1) is 12.6 Å². The standard InChI is InChI=1S/C10H21N3OS/c1-9(12-10(2)15)11-3-4-13-5-7-14-8-6-13/h9,11H,3-8H2,1-2H3,(H,12,15). The summed E-state index contributed by atoms with van der Waals surface area (Å²) >= 11 is 4.14. The van der Waals surface area contributed by atoms with Gasteiger partial charge in [0.15, 0.2) is 0 Å². The van der Waals surface area contributed by atoms with Crippen LogP contribution in [0.1, 0.15) is 13.8 Å². The Bertz CT molecular complexity index is 201. The summed E-state index contributed by atoms with van der Waals surface area (Å²) in [5.41, 5.74) is 0. The Labute approximate surface area is 97.5 Å². The van der Waals surface area contributed by atoms with Crippen LogP contribution in [-0.4, -0.2) is 55.5 Å². The fraction of sp³-hybridized carbons (Fsp3) is 0.900. The van der Waals surface area contributed by atoms with Gasteiger partial charge >= 0.3 is 0 Å². The fourth-order valence-electron chi connectivity index (χ4n) is 1.58. The Morgan fingerprint density at radius 2 is 2.20 bits per heavy atom. The van der Waals surface area contributed by atoms with E-state index in [1.807, 2.05) is 13.8 Å². The van der Waals surface area contributed by atoms with E-state index in [0.717, 1.165) is 44.4 Å². The molecule has 1 N–H and O–H groups in total. The summed E-state index contributed by atoms with van der Waals surface area (Å²) in [6.07, 6.45) is 0.156. The third-order valence-corrected chi connectivity index (χ3v) is 2.47. The van der Waals surface area contributed by atoms with Gasteiger partial charge in [0, 0.05) is 26.2 Å². The summed E-state index contributed by atoms with van der Waals surface area (Å²) in [7, 11) is 0. The molecular weight excluding hydrogens is 210 g/mol. The summed E-state index contributed by atoms with van der Waals surface area (Å²) in [5.74, 6) is 0. The normalized spacial score (nSPS) is 21.7. The number of thiol groups is 1. The highest BCUT2D eigenvalue weighted by Gasteiger charge is 2.09. The van der Waals surface area contributed by atoms with Gasteiger partial charge in [-0.1, -0.05) is 0 Å². The van der Waals surface area contributed by atoms with Crippen LogP contribution in [0.4, 0.5) is 0 Å². The minimum atomic E-state index is 0.156. The Balaban J connectivity index is 2.07. The van der Waals surface area contributed by atoms with Gasteiger partial charge in [0.2, 0.25) is 0 Å². The van der Waals surface area contributed by atoms with Gasteiger partial charge in [-0.25, -0.2) is 0 Å². The number of nitrogens with zero attached hydrogens (tertiary/aromatic N) is 2. The Morgan fingerprint density at radius 1 is 1.53 bits per heavy atom. The molecule has 0 aromatic carbocycles. The maximum absolute atomic E-state index is 5.29. The van der Waals surface area contributed by atoms with Crippen LogP contribution in [0, 0.1) is 0 Å². The second-order valence-corrected chi connectivity index (χ2v) is 4.41. The van der Waals surface area contributed by atoms with Crippen molar-refractivity contribution in [3.63, 3.8) is 0 Å². The molecule has 5 heteroatoms. The second kappa shape index (κ2) is 7.22. The molecule has 15 heavy (non-hydrogen) atoms. The minimum Gasteiger partial charge on any atom is -0.379 e. The number of hydrogen-bond donors (Lipinski definition) is 2. The number of nitrogens with one attached hydrogen (secondary N) is 1. The lowest BCUT2D eigenvalue weighted by Crippen LogP contribution is -2.41. The summed E-state index contributed by atoms with van der Waals surface area (Å²) in [5, 5.41) is 4.16. The maximum atomic E-state index is 5.29. The van der Waals surface area contributed by atoms with E-state index in [2.05, 4.69) is 27.8 Å². The topological polar surface area (TPSA) is 36.9 Å². The summed E-state index contributed by atoms with van der Waals surface area (Å²) in [4.78, 5) is 6.69. The van der Waals surface area contributed by atoms with Gasteiger partial charge in [-0.05, 0) is 13.8 Å². The summed E-state index contributed by atoms with van der Waals surface area (Å²) in [6.45, 7) is 9.78. The van der Waals surface area contributed by atoms with E-state index >= 15 is 0 Å². The summed E-state index contributed by atoms with van der Waals surface area (Å²) < 4.78 is 5.29. The van der Waals surface area contributed by atoms with Crippen molar-refractivity contribution in [1.29, 1.82) is 0 Å². The van der Waals surface area contributed by atoms with Crippen LogP contribution in [0.3, 0.4) is 0 Å². The van der Waals surface area contributed by atoms with Gasteiger partial charge < -0.3 is 4.74 Å². The molecule has 1 aliphatic heterocycles. The Kier molecular flexibility index (Phi) is 6.24. The lowest BCUT2D eigenvalue weighted by Gasteiger charge is -2.26. The van der Waals surface area contributed by atoms with Crippen molar-refractivity contribution < 1.29 is 4.74 Å². The molecule has 1 heterocycles. The van der Waals surface area contributed by atoms with Crippen LogP contribution in [-0.2, 0) is 4.74 Å². The number of ether oxygens (including phenoxy) is 1. The van der Waals surface area contributed by atoms with Crippen LogP contribution in [0.25, 0.3) is 0 Å². The SMILES string of the molecule is C/C(S)=N/C(C)NCCN1CCOCC1. The lowest BCUT2D eigenvalue weighted by atomic mass is 10.4. The zero-order valence-electron chi connectivity index (χ0n) is 9.57. The summed E-state index contributed by atoms with van der Waals surface area (Å²) in [6, 6.07) is 0. The van der Waals surface area contributed by atoms with Crippen molar-refractivity contribution >= 4 is 17.7 Å². The highest BCUT2D eigenvalue weighted by atomic mass is 32.1. The third kappa shape index (κ3) is 6.14. The molecule has 1 fully saturated rings. The zero-order chi connectivity index (χ0) is 11.1. The van der Waals surface area contributed by atoms with E-state index in [-0.39, 0.29) is 6.17 Å². The van der Waals surface area contributed by atoms with Gasteiger partial charge in [0.25, 0.3) is 0 Å². The lowest BCUT2D eigenvalue weighted by molar-refractivity contribution is 0.0382. The quantitative estimate of drug-likeness (QED) is 0.413. The first-order valence-corrected chi connectivity index (χ1v) is 5.90. The van der Waals surface area contributed by atoms with Crippen LogP contribution in [0.2, 0.25) is 0 Å².